The number of piperidine rings is 1. The minimum absolute atomic E-state index is 0.230. The van der Waals surface area contributed by atoms with Crippen molar-refractivity contribution in [2.45, 2.75) is 44.6 Å². The predicted octanol–water partition coefficient (Wildman–Crippen LogP) is 1.57. The first kappa shape index (κ1) is 13.3. The lowest BCUT2D eigenvalue weighted by Crippen LogP contribution is -2.49. The molecule has 17 heavy (non-hydrogen) atoms. The standard InChI is InChI=1S/C14H28N2O/c1-15(2)13-6-5-9-16(10-13)11-14(12-17)7-3-4-8-14/h13,17H,3-12H2,1-2H3. The van der Waals surface area contributed by atoms with Crippen LogP contribution in [0.4, 0.5) is 0 Å². The number of hydrogen-bond acceptors (Lipinski definition) is 3. The largest absolute Gasteiger partial charge is 0.396 e. The zero-order valence-corrected chi connectivity index (χ0v) is 11.5. The maximum atomic E-state index is 9.69. The number of nitrogens with zero attached hydrogens (tertiary/aromatic N) is 2. The summed E-state index contributed by atoms with van der Waals surface area (Å²) < 4.78 is 0. The normalized spacial score (nSPS) is 30.0. The SMILES string of the molecule is CN(C)C1CCCN(CC2(CO)CCCC2)C1. The van der Waals surface area contributed by atoms with Crippen molar-refractivity contribution < 1.29 is 5.11 Å². The van der Waals surface area contributed by atoms with Gasteiger partial charge in [0.05, 0.1) is 0 Å². The number of hydrogen-bond donors (Lipinski definition) is 1. The van der Waals surface area contributed by atoms with Gasteiger partial charge in [0.15, 0.2) is 0 Å². The van der Waals surface area contributed by atoms with Gasteiger partial charge < -0.3 is 14.9 Å². The van der Waals surface area contributed by atoms with Crippen molar-refractivity contribution in [3.63, 3.8) is 0 Å². The molecule has 0 radical (unpaired) electrons. The van der Waals surface area contributed by atoms with Gasteiger partial charge in [-0.1, -0.05) is 12.8 Å². The van der Waals surface area contributed by atoms with Gasteiger partial charge in [-0.05, 0) is 46.3 Å². The summed E-state index contributed by atoms with van der Waals surface area (Å²) in [6, 6.07) is 0.709. The number of aliphatic hydroxyl groups is 1. The molecule has 2 fully saturated rings. The molecule has 0 amide bonds. The first-order valence-corrected chi connectivity index (χ1v) is 7.15. The lowest BCUT2D eigenvalue weighted by atomic mass is 9.86. The minimum Gasteiger partial charge on any atom is -0.396 e. The lowest BCUT2D eigenvalue weighted by molar-refractivity contribution is 0.0491. The second-order valence-electron chi connectivity index (χ2n) is 6.36. The van der Waals surface area contributed by atoms with Gasteiger partial charge in [-0.15, -0.1) is 0 Å². The van der Waals surface area contributed by atoms with Crippen LogP contribution in [0.15, 0.2) is 0 Å². The molecule has 2 aliphatic rings. The highest BCUT2D eigenvalue weighted by molar-refractivity contribution is 4.89. The van der Waals surface area contributed by atoms with Crippen LogP contribution in [0.2, 0.25) is 0 Å². The van der Waals surface area contributed by atoms with E-state index in [2.05, 4.69) is 23.9 Å². The third kappa shape index (κ3) is 3.21. The van der Waals surface area contributed by atoms with Crippen LogP contribution in [0.25, 0.3) is 0 Å². The van der Waals surface area contributed by atoms with Crippen LogP contribution < -0.4 is 0 Å². The Kier molecular flexibility index (Phi) is 4.45. The fraction of sp³-hybridized carbons (Fsp3) is 1.00. The Morgan fingerprint density at radius 2 is 1.94 bits per heavy atom. The van der Waals surface area contributed by atoms with Gasteiger partial charge in [0.25, 0.3) is 0 Å². The summed E-state index contributed by atoms with van der Waals surface area (Å²) in [7, 11) is 4.37. The van der Waals surface area contributed by atoms with Crippen molar-refractivity contribution in [3.8, 4) is 0 Å². The Morgan fingerprint density at radius 3 is 2.53 bits per heavy atom. The van der Waals surface area contributed by atoms with Crippen LogP contribution in [0, 0.1) is 5.41 Å². The third-order valence-corrected chi connectivity index (χ3v) is 4.77. The predicted molar refractivity (Wildman–Crippen MR) is 71.1 cm³/mol. The van der Waals surface area contributed by atoms with Gasteiger partial charge in [0.2, 0.25) is 0 Å². The summed E-state index contributed by atoms with van der Waals surface area (Å²) in [6.45, 7) is 3.92. The van der Waals surface area contributed by atoms with E-state index in [1.165, 1.54) is 51.6 Å². The molecular formula is C14H28N2O. The van der Waals surface area contributed by atoms with Crippen molar-refractivity contribution >= 4 is 0 Å². The fourth-order valence-electron chi connectivity index (χ4n) is 3.56. The van der Waals surface area contributed by atoms with Crippen molar-refractivity contribution in [1.82, 2.24) is 9.80 Å². The topological polar surface area (TPSA) is 26.7 Å². The Labute approximate surface area is 106 Å². The van der Waals surface area contributed by atoms with Gasteiger partial charge in [-0.3, -0.25) is 0 Å². The Hall–Kier alpha value is -0.120. The van der Waals surface area contributed by atoms with Gasteiger partial charge in [0.1, 0.15) is 0 Å². The minimum atomic E-state index is 0.230. The molecule has 100 valence electrons. The lowest BCUT2D eigenvalue weighted by Gasteiger charge is -2.40. The average molecular weight is 240 g/mol. The van der Waals surface area contributed by atoms with Crippen LogP contribution in [0.3, 0.4) is 0 Å². The second-order valence-corrected chi connectivity index (χ2v) is 6.36. The highest BCUT2D eigenvalue weighted by atomic mass is 16.3. The van der Waals surface area contributed by atoms with E-state index >= 15 is 0 Å². The molecule has 1 unspecified atom stereocenters. The molecule has 0 bridgehead atoms. The molecule has 2 rings (SSSR count). The van der Waals surface area contributed by atoms with Crippen LogP contribution in [0.5, 0.6) is 0 Å². The van der Waals surface area contributed by atoms with Crippen molar-refractivity contribution in [3.05, 3.63) is 0 Å². The number of aliphatic hydroxyl groups excluding tert-OH is 1. The highest BCUT2D eigenvalue weighted by Gasteiger charge is 2.36. The van der Waals surface area contributed by atoms with Gasteiger partial charge in [0, 0.05) is 31.2 Å². The summed E-state index contributed by atoms with van der Waals surface area (Å²) in [5.41, 5.74) is 0.230. The van der Waals surface area contributed by atoms with E-state index < -0.39 is 0 Å². The molecule has 1 N–H and O–H groups in total. The number of rotatable bonds is 4. The number of likely N-dealkylation sites (tertiary alicyclic amines) is 1. The van der Waals surface area contributed by atoms with E-state index in [-0.39, 0.29) is 5.41 Å². The molecule has 3 nitrogen and oxygen atoms in total. The molecule has 0 aromatic heterocycles. The first-order valence-electron chi connectivity index (χ1n) is 7.15. The van der Waals surface area contributed by atoms with Crippen LogP contribution in [0.1, 0.15) is 38.5 Å². The van der Waals surface area contributed by atoms with E-state index in [1.54, 1.807) is 0 Å². The molecule has 1 atom stereocenters. The average Bonchev–Trinajstić information content (AvgIpc) is 2.78. The van der Waals surface area contributed by atoms with Gasteiger partial charge in [-0.2, -0.15) is 0 Å². The van der Waals surface area contributed by atoms with Crippen molar-refractivity contribution in [2.24, 2.45) is 5.41 Å². The highest BCUT2D eigenvalue weighted by Crippen LogP contribution is 2.38. The van der Waals surface area contributed by atoms with Crippen molar-refractivity contribution in [1.29, 1.82) is 0 Å². The monoisotopic (exact) mass is 240 g/mol. The smallest absolute Gasteiger partial charge is 0.0499 e. The zero-order valence-electron chi connectivity index (χ0n) is 11.5. The van der Waals surface area contributed by atoms with E-state index in [9.17, 15) is 5.11 Å². The first-order chi connectivity index (χ1) is 8.15. The molecule has 0 aromatic rings. The number of likely N-dealkylation sites (N-methyl/N-ethyl adjacent to an activating group) is 1. The Bertz CT molecular complexity index is 236. The van der Waals surface area contributed by atoms with Crippen molar-refractivity contribution in [2.75, 3.05) is 40.3 Å². The van der Waals surface area contributed by atoms with Crippen LogP contribution in [-0.4, -0.2) is 61.3 Å². The quantitative estimate of drug-likeness (QED) is 0.808. The second kappa shape index (κ2) is 5.68. The summed E-state index contributed by atoms with van der Waals surface area (Å²) >= 11 is 0. The fourth-order valence-corrected chi connectivity index (χ4v) is 3.56. The summed E-state index contributed by atoms with van der Waals surface area (Å²) in [6.07, 6.45) is 7.72. The zero-order chi connectivity index (χ0) is 12.3. The summed E-state index contributed by atoms with van der Waals surface area (Å²) in [4.78, 5) is 4.95. The molecule has 0 spiro atoms. The molecule has 1 aliphatic heterocycles. The summed E-state index contributed by atoms with van der Waals surface area (Å²) in [5.74, 6) is 0. The van der Waals surface area contributed by atoms with Crippen LogP contribution in [-0.2, 0) is 0 Å². The van der Waals surface area contributed by atoms with E-state index in [1.807, 2.05) is 0 Å². The summed E-state index contributed by atoms with van der Waals surface area (Å²) in [5, 5.41) is 9.69. The maximum absolute atomic E-state index is 9.69. The molecule has 1 saturated heterocycles. The van der Waals surface area contributed by atoms with E-state index in [0.29, 0.717) is 12.6 Å². The van der Waals surface area contributed by atoms with Crippen LogP contribution >= 0.6 is 0 Å². The van der Waals surface area contributed by atoms with E-state index in [0.717, 1.165) is 6.54 Å². The van der Waals surface area contributed by atoms with E-state index in [4.69, 9.17) is 0 Å². The van der Waals surface area contributed by atoms with Gasteiger partial charge >= 0.3 is 0 Å². The molecule has 3 heteroatoms. The Morgan fingerprint density at radius 1 is 1.24 bits per heavy atom. The molecule has 0 aromatic carbocycles. The molecule has 1 saturated carbocycles. The maximum Gasteiger partial charge on any atom is 0.0499 e. The third-order valence-electron chi connectivity index (χ3n) is 4.77. The molecule has 1 heterocycles. The van der Waals surface area contributed by atoms with Gasteiger partial charge in [-0.25, -0.2) is 0 Å². The Balaban J connectivity index is 1.89. The molecular weight excluding hydrogens is 212 g/mol. The molecule has 1 aliphatic carbocycles.